The molecule has 1 saturated heterocycles. The molecule has 0 saturated carbocycles. The number of amidine groups is 1. The molecule has 1 aliphatic rings. The number of nitrogens with zero attached hydrogens (tertiary/aromatic N) is 2. The third-order valence-corrected chi connectivity index (χ3v) is 3.87. The van der Waals surface area contributed by atoms with E-state index in [4.69, 9.17) is 11.1 Å². The summed E-state index contributed by atoms with van der Waals surface area (Å²) < 4.78 is 38.3. The fourth-order valence-electron chi connectivity index (χ4n) is 2.49. The standard InChI is InChI=1S/C12H23F3N4/c1-3-19-6-4-9(5-7-19)18(2)8-10(11(16)17)12(13,14)15/h9-10H,3-8H2,1-2H3,(H3,16,17). The predicted molar refractivity (Wildman–Crippen MR) is 69.2 cm³/mol. The van der Waals surface area contributed by atoms with E-state index in [1.165, 1.54) is 0 Å². The van der Waals surface area contributed by atoms with Gasteiger partial charge in [0.1, 0.15) is 11.8 Å². The largest absolute Gasteiger partial charge is 0.399 e. The maximum absolute atomic E-state index is 12.8. The van der Waals surface area contributed by atoms with Crippen LogP contribution in [-0.2, 0) is 0 Å². The third kappa shape index (κ3) is 4.65. The predicted octanol–water partition coefficient (Wildman–Crippen LogP) is 1.52. The summed E-state index contributed by atoms with van der Waals surface area (Å²) in [4.78, 5) is 3.99. The van der Waals surface area contributed by atoms with Gasteiger partial charge in [-0.05, 0) is 39.5 Å². The molecule has 0 aromatic rings. The van der Waals surface area contributed by atoms with E-state index in [0.29, 0.717) is 0 Å². The lowest BCUT2D eigenvalue weighted by Gasteiger charge is -2.37. The number of rotatable bonds is 5. The van der Waals surface area contributed by atoms with Crippen molar-refractivity contribution in [1.29, 1.82) is 5.41 Å². The van der Waals surface area contributed by atoms with Crippen molar-refractivity contribution in [2.24, 2.45) is 11.7 Å². The number of likely N-dealkylation sites (tertiary alicyclic amines) is 1. The maximum Gasteiger partial charge on any atom is 0.399 e. The number of hydrogen-bond acceptors (Lipinski definition) is 3. The molecule has 0 aliphatic carbocycles. The lowest BCUT2D eigenvalue weighted by Crippen LogP contribution is -2.49. The van der Waals surface area contributed by atoms with Crippen LogP contribution >= 0.6 is 0 Å². The molecule has 112 valence electrons. The Morgan fingerprint density at radius 1 is 1.42 bits per heavy atom. The molecule has 4 nitrogen and oxygen atoms in total. The van der Waals surface area contributed by atoms with E-state index in [9.17, 15) is 13.2 Å². The van der Waals surface area contributed by atoms with Gasteiger partial charge >= 0.3 is 6.18 Å². The Hall–Kier alpha value is -0.820. The summed E-state index contributed by atoms with van der Waals surface area (Å²) >= 11 is 0. The van der Waals surface area contributed by atoms with Crippen LogP contribution in [0.25, 0.3) is 0 Å². The fourth-order valence-corrected chi connectivity index (χ4v) is 2.49. The Labute approximate surface area is 112 Å². The van der Waals surface area contributed by atoms with Gasteiger partial charge in [0.25, 0.3) is 0 Å². The molecule has 3 N–H and O–H groups in total. The molecule has 0 bridgehead atoms. The van der Waals surface area contributed by atoms with Crippen molar-refractivity contribution in [3.8, 4) is 0 Å². The van der Waals surface area contributed by atoms with Crippen LogP contribution in [0.4, 0.5) is 13.2 Å². The quantitative estimate of drug-likeness (QED) is 0.593. The van der Waals surface area contributed by atoms with Crippen LogP contribution in [0.15, 0.2) is 0 Å². The first-order chi connectivity index (χ1) is 8.75. The lowest BCUT2D eigenvalue weighted by atomic mass is 10.0. The van der Waals surface area contributed by atoms with E-state index in [2.05, 4.69) is 11.8 Å². The summed E-state index contributed by atoms with van der Waals surface area (Å²) in [6.45, 7) is 4.68. The molecule has 1 atom stereocenters. The minimum atomic E-state index is -4.44. The topological polar surface area (TPSA) is 56.4 Å². The second kappa shape index (κ2) is 6.56. The first-order valence-electron chi connectivity index (χ1n) is 6.59. The van der Waals surface area contributed by atoms with E-state index in [-0.39, 0.29) is 12.6 Å². The van der Waals surface area contributed by atoms with Crippen LogP contribution in [0.1, 0.15) is 19.8 Å². The number of nitrogens with one attached hydrogen (secondary N) is 1. The van der Waals surface area contributed by atoms with Gasteiger partial charge in [-0.3, -0.25) is 5.41 Å². The van der Waals surface area contributed by atoms with Crippen molar-refractivity contribution < 1.29 is 13.2 Å². The van der Waals surface area contributed by atoms with Crippen LogP contribution in [0, 0.1) is 11.3 Å². The van der Waals surface area contributed by atoms with Gasteiger partial charge < -0.3 is 15.5 Å². The van der Waals surface area contributed by atoms with Gasteiger partial charge in [-0.15, -0.1) is 0 Å². The number of halogens is 3. The molecule has 7 heteroatoms. The van der Waals surface area contributed by atoms with Gasteiger partial charge in [0.05, 0.1) is 0 Å². The third-order valence-electron chi connectivity index (χ3n) is 3.87. The monoisotopic (exact) mass is 280 g/mol. The number of nitrogens with two attached hydrogens (primary N) is 1. The number of hydrogen-bond donors (Lipinski definition) is 2. The normalized spacial score (nSPS) is 20.7. The molecule has 0 aromatic carbocycles. The SMILES string of the molecule is CCN1CCC(N(C)CC(C(=N)N)C(F)(F)F)CC1. The van der Waals surface area contributed by atoms with Crippen LogP contribution in [0.5, 0.6) is 0 Å². The molecular formula is C12H23F3N4. The van der Waals surface area contributed by atoms with Gasteiger partial charge in [0.2, 0.25) is 0 Å². The number of piperidine rings is 1. The van der Waals surface area contributed by atoms with Gasteiger partial charge in [0.15, 0.2) is 0 Å². The maximum atomic E-state index is 12.8. The molecule has 0 radical (unpaired) electrons. The van der Waals surface area contributed by atoms with Gasteiger partial charge in [0, 0.05) is 12.6 Å². The number of alkyl halides is 3. The van der Waals surface area contributed by atoms with Crippen molar-refractivity contribution in [2.75, 3.05) is 33.2 Å². The zero-order chi connectivity index (χ0) is 14.6. The summed E-state index contributed by atoms with van der Waals surface area (Å²) in [5, 5.41) is 7.10. The minimum absolute atomic E-state index is 0.145. The molecule has 1 fully saturated rings. The van der Waals surface area contributed by atoms with Crippen LogP contribution in [-0.4, -0.2) is 61.1 Å². The molecule has 1 unspecified atom stereocenters. The van der Waals surface area contributed by atoms with Gasteiger partial charge in [-0.1, -0.05) is 6.92 Å². The highest BCUT2D eigenvalue weighted by Gasteiger charge is 2.43. The van der Waals surface area contributed by atoms with E-state index in [0.717, 1.165) is 32.5 Å². The van der Waals surface area contributed by atoms with Crippen LogP contribution < -0.4 is 5.73 Å². The Morgan fingerprint density at radius 3 is 2.32 bits per heavy atom. The van der Waals surface area contributed by atoms with Gasteiger partial charge in [-0.2, -0.15) is 13.2 Å². The second-order valence-electron chi connectivity index (χ2n) is 5.15. The van der Waals surface area contributed by atoms with Gasteiger partial charge in [-0.25, -0.2) is 0 Å². The van der Waals surface area contributed by atoms with E-state index < -0.39 is 17.9 Å². The second-order valence-corrected chi connectivity index (χ2v) is 5.15. The summed E-state index contributed by atoms with van der Waals surface area (Å²) in [6, 6.07) is 0.145. The zero-order valence-corrected chi connectivity index (χ0v) is 11.5. The molecular weight excluding hydrogens is 257 g/mol. The van der Waals surface area contributed by atoms with Crippen molar-refractivity contribution in [3.63, 3.8) is 0 Å². The molecule has 1 rings (SSSR count). The summed E-state index contributed by atoms with van der Waals surface area (Å²) in [5.74, 6) is -2.66. The lowest BCUT2D eigenvalue weighted by molar-refractivity contribution is -0.160. The highest BCUT2D eigenvalue weighted by atomic mass is 19.4. The Bertz CT molecular complexity index is 298. The van der Waals surface area contributed by atoms with Crippen molar-refractivity contribution in [3.05, 3.63) is 0 Å². The highest BCUT2D eigenvalue weighted by molar-refractivity contribution is 5.80. The van der Waals surface area contributed by atoms with Crippen LogP contribution in [0.3, 0.4) is 0 Å². The molecule has 0 spiro atoms. The summed E-state index contributed by atoms with van der Waals surface area (Å²) in [7, 11) is 1.69. The highest BCUT2D eigenvalue weighted by Crippen LogP contribution is 2.28. The van der Waals surface area contributed by atoms with E-state index in [1.54, 1.807) is 11.9 Å². The molecule has 1 aliphatic heterocycles. The first kappa shape index (κ1) is 16.2. The zero-order valence-electron chi connectivity index (χ0n) is 11.5. The average Bonchev–Trinajstić information content (AvgIpc) is 2.34. The molecule has 19 heavy (non-hydrogen) atoms. The van der Waals surface area contributed by atoms with Crippen molar-refractivity contribution in [1.82, 2.24) is 9.80 Å². The Balaban J connectivity index is 2.54. The Kier molecular flexibility index (Phi) is 5.61. The molecule has 0 aromatic heterocycles. The van der Waals surface area contributed by atoms with Crippen molar-refractivity contribution >= 4 is 5.84 Å². The average molecular weight is 280 g/mol. The minimum Gasteiger partial charge on any atom is -0.387 e. The summed E-state index contributed by atoms with van der Waals surface area (Å²) in [6.07, 6.45) is -2.70. The van der Waals surface area contributed by atoms with E-state index in [1.807, 2.05) is 0 Å². The summed E-state index contributed by atoms with van der Waals surface area (Å²) in [5.41, 5.74) is 5.07. The molecule has 0 amide bonds. The Morgan fingerprint density at radius 2 is 1.95 bits per heavy atom. The smallest absolute Gasteiger partial charge is 0.387 e. The van der Waals surface area contributed by atoms with Crippen LogP contribution in [0.2, 0.25) is 0 Å². The first-order valence-corrected chi connectivity index (χ1v) is 6.59. The van der Waals surface area contributed by atoms with E-state index >= 15 is 0 Å². The fraction of sp³-hybridized carbons (Fsp3) is 0.917. The van der Waals surface area contributed by atoms with Crippen molar-refractivity contribution in [2.45, 2.75) is 32.0 Å². The molecule has 1 heterocycles.